The second-order valence-corrected chi connectivity index (χ2v) is 6.62. The van der Waals surface area contributed by atoms with Crippen LogP contribution in [-0.4, -0.2) is 28.5 Å². The quantitative estimate of drug-likeness (QED) is 0.864. The number of nitrogens with one attached hydrogen (secondary N) is 2. The van der Waals surface area contributed by atoms with Crippen LogP contribution in [-0.2, 0) is 10.0 Å². The fraction of sp³-hybridized carbons (Fsp3) is 0.133. The van der Waals surface area contributed by atoms with E-state index in [0.717, 1.165) is 0 Å². The first-order valence-corrected chi connectivity index (χ1v) is 8.42. The van der Waals surface area contributed by atoms with Crippen LogP contribution in [0.3, 0.4) is 0 Å². The third-order valence-electron chi connectivity index (χ3n) is 3.07. The molecule has 0 aliphatic carbocycles. The molecule has 0 fully saturated rings. The number of halogens is 1. The Morgan fingerprint density at radius 3 is 2.48 bits per heavy atom. The summed E-state index contributed by atoms with van der Waals surface area (Å²) in [6.07, 6.45) is 0. The van der Waals surface area contributed by atoms with Crippen LogP contribution in [0.15, 0.2) is 47.4 Å². The van der Waals surface area contributed by atoms with E-state index in [-0.39, 0.29) is 26.9 Å². The van der Waals surface area contributed by atoms with Crippen molar-refractivity contribution in [3.63, 3.8) is 0 Å². The van der Waals surface area contributed by atoms with Gasteiger partial charge in [-0.05, 0) is 30.3 Å². The number of carbonyl (C=O) groups is 1. The average molecular weight is 355 g/mol. The van der Waals surface area contributed by atoms with Crippen LogP contribution < -0.4 is 14.8 Å². The lowest BCUT2D eigenvalue weighted by molar-refractivity contribution is 0.0960. The second-order valence-electron chi connectivity index (χ2n) is 4.53. The Morgan fingerprint density at radius 1 is 1.17 bits per heavy atom. The van der Waals surface area contributed by atoms with Gasteiger partial charge in [0.05, 0.1) is 28.3 Å². The van der Waals surface area contributed by atoms with E-state index in [1.807, 2.05) is 0 Å². The SMILES string of the molecule is CNC(=O)c1cc(S(=O)(=O)Nc2ccccc2Cl)ccc1OC. The zero-order chi connectivity index (χ0) is 17.0. The summed E-state index contributed by atoms with van der Waals surface area (Å²) in [5.74, 6) is -0.169. The van der Waals surface area contributed by atoms with Gasteiger partial charge in [0.2, 0.25) is 0 Å². The first-order valence-electron chi connectivity index (χ1n) is 6.56. The Bertz CT molecular complexity index is 837. The summed E-state index contributed by atoms with van der Waals surface area (Å²) in [6.45, 7) is 0. The largest absolute Gasteiger partial charge is 0.496 e. The molecular formula is C15H15ClN2O4S. The third kappa shape index (κ3) is 3.75. The number of methoxy groups -OCH3 is 1. The lowest BCUT2D eigenvalue weighted by atomic mass is 10.2. The maximum atomic E-state index is 12.5. The fourth-order valence-corrected chi connectivity index (χ4v) is 3.26. The summed E-state index contributed by atoms with van der Waals surface area (Å²) in [5, 5.41) is 2.71. The molecule has 1 amide bonds. The Balaban J connectivity index is 2.44. The molecule has 0 spiro atoms. The van der Waals surface area contributed by atoms with Gasteiger partial charge in [-0.2, -0.15) is 0 Å². The number of hydrogen-bond acceptors (Lipinski definition) is 4. The molecule has 0 saturated heterocycles. The van der Waals surface area contributed by atoms with Crippen molar-refractivity contribution in [3.05, 3.63) is 53.1 Å². The van der Waals surface area contributed by atoms with Gasteiger partial charge in [0, 0.05) is 7.05 Å². The van der Waals surface area contributed by atoms with Crippen LogP contribution in [0.2, 0.25) is 5.02 Å². The molecule has 23 heavy (non-hydrogen) atoms. The normalized spacial score (nSPS) is 10.9. The molecule has 0 atom stereocenters. The van der Waals surface area contributed by atoms with E-state index in [1.54, 1.807) is 24.3 Å². The topological polar surface area (TPSA) is 84.5 Å². The molecule has 8 heteroatoms. The lowest BCUT2D eigenvalue weighted by Gasteiger charge is -2.12. The average Bonchev–Trinajstić information content (AvgIpc) is 2.55. The monoisotopic (exact) mass is 354 g/mol. The number of hydrogen-bond donors (Lipinski definition) is 2. The highest BCUT2D eigenvalue weighted by atomic mass is 35.5. The Hall–Kier alpha value is -2.25. The van der Waals surface area contributed by atoms with Gasteiger partial charge in [0.1, 0.15) is 5.75 Å². The Morgan fingerprint density at radius 2 is 1.87 bits per heavy atom. The van der Waals surface area contributed by atoms with Crippen molar-refractivity contribution in [1.29, 1.82) is 0 Å². The molecule has 0 bridgehead atoms. The van der Waals surface area contributed by atoms with Crippen molar-refractivity contribution in [2.24, 2.45) is 0 Å². The summed E-state index contributed by atoms with van der Waals surface area (Å²) >= 11 is 5.96. The predicted molar refractivity (Wildman–Crippen MR) is 88.6 cm³/mol. The highest BCUT2D eigenvalue weighted by Crippen LogP contribution is 2.26. The number of benzene rings is 2. The minimum absolute atomic E-state index is 0.0724. The van der Waals surface area contributed by atoms with E-state index in [1.165, 1.54) is 32.4 Å². The van der Waals surface area contributed by atoms with Crippen molar-refractivity contribution >= 4 is 33.2 Å². The molecule has 2 aromatic rings. The van der Waals surface area contributed by atoms with E-state index in [9.17, 15) is 13.2 Å². The number of rotatable bonds is 5. The minimum Gasteiger partial charge on any atom is -0.496 e. The summed E-state index contributed by atoms with van der Waals surface area (Å²) in [5.41, 5.74) is 0.378. The van der Waals surface area contributed by atoms with E-state index < -0.39 is 15.9 Å². The van der Waals surface area contributed by atoms with Crippen LogP contribution in [0, 0.1) is 0 Å². The van der Waals surface area contributed by atoms with E-state index in [2.05, 4.69) is 10.0 Å². The molecule has 0 heterocycles. The molecule has 122 valence electrons. The zero-order valence-electron chi connectivity index (χ0n) is 12.5. The van der Waals surface area contributed by atoms with Gasteiger partial charge in [-0.25, -0.2) is 8.42 Å². The molecule has 0 radical (unpaired) electrons. The molecule has 0 saturated carbocycles. The molecule has 2 N–H and O–H groups in total. The van der Waals surface area contributed by atoms with Crippen LogP contribution >= 0.6 is 11.6 Å². The molecule has 0 aromatic heterocycles. The zero-order valence-corrected chi connectivity index (χ0v) is 14.0. The number of anilines is 1. The first kappa shape index (κ1) is 17.1. The standard InChI is InChI=1S/C15H15ClN2O4S/c1-17-15(19)11-9-10(7-8-14(11)22-2)23(20,21)18-13-6-4-3-5-12(13)16/h3-9,18H,1-2H3,(H,17,19). The van der Waals surface area contributed by atoms with Gasteiger partial charge < -0.3 is 10.1 Å². The van der Waals surface area contributed by atoms with E-state index in [4.69, 9.17) is 16.3 Å². The van der Waals surface area contributed by atoms with Crippen molar-refractivity contribution in [2.75, 3.05) is 18.9 Å². The fourth-order valence-electron chi connectivity index (χ4n) is 1.91. The van der Waals surface area contributed by atoms with Gasteiger partial charge in [0.25, 0.3) is 15.9 Å². The predicted octanol–water partition coefficient (Wildman–Crippen LogP) is 2.51. The highest BCUT2D eigenvalue weighted by molar-refractivity contribution is 7.92. The van der Waals surface area contributed by atoms with E-state index >= 15 is 0 Å². The first-order chi connectivity index (χ1) is 10.9. The Labute approximate surface area is 139 Å². The van der Waals surface area contributed by atoms with Gasteiger partial charge >= 0.3 is 0 Å². The van der Waals surface area contributed by atoms with Crippen LogP contribution in [0.5, 0.6) is 5.75 Å². The second kappa shape index (κ2) is 6.89. The maximum Gasteiger partial charge on any atom is 0.261 e. The van der Waals surface area contributed by atoms with Crippen molar-refractivity contribution in [2.45, 2.75) is 4.90 Å². The number of carbonyl (C=O) groups excluding carboxylic acids is 1. The van der Waals surface area contributed by atoms with Crippen LogP contribution in [0.1, 0.15) is 10.4 Å². The number of para-hydroxylation sites is 1. The minimum atomic E-state index is -3.90. The number of sulfonamides is 1. The molecule has 2 aromatic carbocycles. The summed E-state index contributed by atoms with van der Waals surface area (Å²) < 4.78 is 32.4. The number of ether oxygens (including phenoxy) is 1. The molecular weight excluding hydrogens is 340 g/mol. The van der Waals surface area contributed by atoms with Gasteiger partial charge in [0.15, 0.2) is 0 Å². The number of amides is 1. The van der Waals surface area contributed by atoms with Gasteiger partial charge in [-0.1, -0.05) is 23.7 Å². The Kier molecular flexibility index (Phi) is 5.12. The smallest absolute Gasteiger partial charge is 0.261 e. The van der Waals surface area contributed by atoms with Crippen LogP contribution in [0.25, 0.3) is 0 Å². The lowest BCUT2D eigenvalue weighted by Crippen LogP contribution is -2.20. The molecule has 0 unspecified atom stereocenters. The summed E-state index contributed by atoms with van der Waals surface area (Å²) in [4.78, 5) is 11.8. The molecule has 2 rings (SSSR count). The van der Waals surface area contributed by atoms with Crippen molar-refractivity contribution in [3.8, 4) is 5.75 Å². The van der Waals surface area contributed by atoms with Gasteiger partial charge in [-0.3, -0.25) is 9.52 Å². The van der Waals surface area contributed by atoms with Gasteiger partial charge in [-0.15, -0.1) is 0 Å². The van der Waals surface area contributed by atoms with Crippen molar-refractivity contribution in [1.82, 2.24) is 5.32 Å². The van der Waals surface area contributed by atoms with E-state index in [0.29, 0.717) is 0 Å². The van der Waals surface area contributed by atoms with Crippen molar-refractivity contribution < 1.29 is 17.9 Å². The highest BCUT2D eigenvalue weighted by Gasteiger charge is 2.20. The molecule has 6 nitrogen and oxygen atoms in total. The maximum absolute atomic E-state index is 12.5. The summed E-state index contributed by atoms with van der Waals surface area (Å²) in [7, 11) is -1.04. The molecule has 0 aliphatic heterocycles. The summed E-state index contributed by atoms with van der Waals surface area (Å²) in [6, 6.07) is 10.5. The van der Waals surface area contributed by atoms with Crippen LogP contribution in [0.4, 0.5) is 5.69 Å². The third-order valence-corrected chi connectivity index (χ3v) is 4.76. The molecule has 0 aliphatic rings.